The number of amides is 1. The topological polar surface area (TPSA) is 82.5 Å². The highest BCUT2D eigenvalue weighted by Gasteiger charge is 2.73. The molecule has 2 fully saturated rings. The van der Waals surface area contributed by atoms with Crippen LogP contribution in [0.15, 0.2) is 55.1 Å². The molecule has 2 unspecified atom stereocenters. The molecule has 2 bridgehead atoms. The van der Waals surface area contributed by atoms with Crippen LogP contribution in [-0.2, 0) is 16.6 Å². The Bertz CT molecular complexity index is 1290. The highest BCUT2D eigenvalue weighted by atomic mass is 16.5. The van der Waals surface area contributed by atoms with Gasteiger partial charge in [0.25, 0.3) is 0 Å². The largest absolute Gasteiger partial charge is 0.504 e. The SMILES string of the molecule is C=CCN1CC[C@]23c4c5ccc(O)c4OC2C(N(C)C(=O)/C=C/c2cccc(OC)c2)CC[C@@]3(O)[C@H]1C5. The molecule has 7 nitrogen and oxygen atoms in total. The number of phenolic OH excluding ortho intramolecular Hbond substituents is 1. The van der Waals surface area contributed by atoms with Gasteiger partial charge in [0.1, 0.15) is 11.9 Å². The summed E-state index contributed by atoms with van der Waals surface area (Å²) >= 11 is 0. The molecule has 194 valence electrons. The second-order valence-electron chi connectivity index (χ2n) is 10.8. The summed E-state index contributed by atoms with van der Waals surface area (Å²) in [6.07, 6.45) is 7.39. The summed E-state index contributed by atoms with van der Waals surface area (Å²) in [5.41, 5.74) is 1.26. The first-order valence-corrected chi connectivity index (χ1v) is 13.0. The van der Waals surface area contributed by atoms with Gasteiger partial charge in [0.2, 0.25) is 5.91 Å². The summed E-state index contributed by atoms with van der Waals surface area (Å²) in [4.78, 5) is 17.4. The van der Waals surface area contributed by atoms with Gasteiger partial charge in [0, 0.05) is 31.3 Å². The maximum absolute atomic E-state index is 13.4. The molecule has 1 amide bonds. The molecule has 6 rings (SSSR count). The summed E-state index contributed by atoms with van der Waals surface area (Å²) < 4.78 is 11.9. The second kappa shape index (κ2) is 8.64. The molecule has 5 atom stereocenters. The van der Waals surface area contributed by atoms with Crippen molar-refractivity contribution in [2.75, 3.05) is 27.2 Å². The van der Waals surface area contributed by atoms with Gasteiger partial charge in [-0.25, -0.2) is 0 Å². The summed E-state index contributed by atoms with van der Waals surface area (Å²) in [5.74, 6) is 1.19. The molecule has 0 radical (unpaired) electrons. The van der Waals surface area contributed by atoms with E-state index in [0.29, 0.717) is 38.0 Å². The van der Waals surface area contributed by atoms with E-state index in [2.05, 4.69) is 11.5 Å². The smallest absolute Gasteiger partial charge is 0.246 e. The minimum atomic E-state index is -1.01. The van der Waals surface area contributed by atoms with Crippen molar-refractivity contribution < 1.29 is 24.5 Å². The lowest BCUT2D eigenvalue weighted by Gasteiger charge is -2.64. The maximum atomic E-state index is 13.4. The second-order valence-corrected chi connectivity index (χ2v) is 10.8. The summed E-state index contributed by atoms with van der Waals surface area (Å²) in [6, 6.07) is 10.9. The number of carbonyl (C=O) groups excluding carboxylic acids is 1. The van der Waals surface area contributed by atoms with E-state index < -0.39 is 17.1 Å². The van der Waals surface area contributed by atoms with Crippen LogP contribution in [0.3, 0.4) is 0 Å². The number of carbonyl (C=O) groups is 1. The van der Waals surface area contributed by atoms with E-state index >= 15 is 0 Å². The molecule has 2 aliphatic heterocycles. The number of likely N-dealkylation sites (tertiary alicyclic amines) is 1. The molecule has 2 heterocycles. The Kier molecular flexibility index (Phi) is 5.62. The third kappa shape index (κ3) is 3.30. The number of aliphatic hydroxyl groups is 1. The molecule has 2 aromatic carbocycles. The van der Waals surface area contributed by atoms with E-state index in [9.17, 15) is 15.0 Å². The van der Waals surface area contributed by atoms with Crippen molar-refractivity contribution in [3.8, 4) is 17.2 Å². The van der Waals surface area contributed by atoms with Gasteiger partial charge in [-0.1, -0.05) is 24.3 Å². The average Bonchev–Trinajstić information content (AvgIpc) is 3.26. The first-order valence-electron chi connectivity index (χ1n) is 13.0. The molecule has 37 heavy (non-hydrogen) atoms. The molecule has 4 aliphatic rings. The lowest BCUT2D eigenvalue weighted by Crippen LogP contribution is -2.78. The van der Waals surface area contributed by atoms with Crippen LogP contribution in [0.5, 0.6) is 17.2 Å². The van der Waals surface area contributed by atoms with Crippen molar-refractivity contribution in [1.29, 1.82) is 0 Å². The van der Waals surface area contributed by atoms with Gasteiger partial charge in [0.05, 0.1) is 24.2 Å². The Hall–Kier alpha value is -3.29. The van der Waals surface area contributed by atoms with E-state index in [1.807, 2.05) is 43.5 Å². The van der Waals surface area contributed by atoms with Crippen molar-refractivity contribution in [2.45, 2.75) is 54.9 Å². The zero-order valence-electron chi connectivity index (χ0n) is 21.4. The molecule has 7 heteroatoms. The lowest BCUT2D eigenvalue weighted by molar-refractivity contribution is -0.198. The fourth-order valence-corrected chi connectivity index (χ4v) is 7.58. The minimum Gasteiger partial charge on any atom is -0.504 e. The molecular formula is C30H34N2O5. The number of aromatic hydroxyl groups is 1. The van der Waals surface area contributed by atoms with Crippen molar-refractivity contribution in [3.63, 3.8) is 0 Å². The first-order chi connectivity index (χ1) is 17.8. The highest BCUT2D eigenvalue weighted by Crippen LogP contribution is 2.65. The van der Waals surface area contributed by atoms with Gasteiger partial charge in [-0.3, -0.25) is 9.69 Å². The Morgan fingerprint density at radius 1 is 1.32 bits per heavy atom. The van der Waals surface area contributed by atoms with Gasteiger partial charge in [-0.2, -0.15) is 0 Å². The predicted octanol–water partition coefficient (Wildman–Crippen LogP) is 3.28. The molecule has 1 spiro atoms. The molecule has 2 N–H and O–H groups in total. The molecule has 0 aromatic heterocycles. The quantitative estimate of drug-likeness (QED) is 0.466. The molecule has 2 aromatic rings. The van der Waals surface area contributed by atoms with Crippen molar-refractivity contribution in [1.82, 2.24) is 9.80 Å². The highest BCUT2D eigenvalue weighted by molar-refractivity contribution is 5.92. The number of methoxy groups -OCH3 is 1. The number of nitrogens with zero attached hydrogens (tertiary/aromatic N) is 2. The number of rotatable bonds is 6. The van der Waals surface area contributed by atoms with E-state index in [1.54, 1.807) is 30.2 Å². The van der Waals surface area contributed by atoms with Gasteiger partial charge in [-0.05, 0) is 67.6 Å². The minimum absolute atomic E-state index is 0.0664. The summed E-state index contributed by atoms with van der Waals surface area (Å²) in [6.45, 7) is 5.44. The number of piperidine rings is 1. The normalized spacial score (nSPS) is 31.5. The number of likely N-dealkylation sites (N-methyl/N-ethyl adjacent to an activating group) is 1. The van der Waals surface area contributed by atoms with Crippen molar-refractivity contribution in [2.24, 2.45) is 0 Å². The Morgan fingerprint density at radius 3 is 2.95 bits per heavy atom. The lowest BCUT2D eigenvalue weighted by atomic mass is 9.48. The van der Waals surface area contributed by atoms with Crippen LogP contribution in [-0.4, -0.2) is 77.0 Å². The van der Waals surface area contributed by atoms with Crippen LogP contribution in [0.25, 0.3) is 6.08 Å². The number of hydrogen-bond acceptors (Lipinski definition) is 6. The number of phenols is 1. The van der Waals surface area contributed by atoms with E-state index in [4.69, 9.17) is 9.47 Å². The van der Waals surface area contributed by atoms with E-state index in [1.165, 1.54) is 0 Å². The summed E-state index contributed by atoms with van der Waals surface area (Å²) in [5, 5.41) is 23.3. The number of hydrogen-bond donors (Lipinski definition) is 2. The Labute approximate surface area is 217 Å². The monoisotopic (exact) mass is 502 g/mol. The Balaban J connectivity index is 1.36. The van der Waals surface area contributed by atoms with Gasteiger partial charge >= 0.3 is 0 Å². The standard InChI is InChI=1S/C30H34N2O5/c1-4-15-32-16-14-29-26-20-9-10-23(33)27(26)37-28(29)22(12-13-30(29,35)24(32)18-20)31(2)25(34)11-8-19-6-5-7-21(17-19)36-3/h4-11,17,22,24,28,33,35H,1,12-16,18H2,2-3H3/b11-8+/t22?,24-,28?,29+,30-/m1/s1. The average molecular weight is 503 g/mol. The van der Waals surface area contributed by atoms with Crippen molar-refractivity contribution >= 4 is 12.0 Å². The third-order valence-corrected chi connectivity index (χ3v) is 9.26. The fourth-order valence-electron chi connectivity index (χ4n) is 7.58. The zero-order chi connectivity index (χ0) is 25.9. The summed E-state index contributed by atoms with van der Waals surface area (Å²) in [7, 11) is 3.43. The van der Waals surface area contributed by atoms with Gasteiger partial charge < -0.3 is 24.6 Å². The van der Waals surface area contributed by atoms with E-state index in [-0.39, 0.29) is 23.7 Å². The number of ether oxygens (including phenoxy) is 2. The van der Waals surface area contributed by atoms with Crippen LogP contribution >= 0.6 is 0 Å². The van der Waals surface area contributed by atoms with Crippen LogP contribution in [0.4, 0.5) is 0 Å². The molecule has 1 saturated heterocycles. The first kappa shape index (κ1) is 24.1. The molecular weight excluding hydrogens is 468 g/mol. The van der Waals surface area contributed by atoms with Crippen LogP contribution in [0, 0.1) is 0 Å². The number of benzene rings is 2. The van der Waals surface area contributed by atoms with Gasteiger partial charge in [0.15, 0.2) is 11.5 Å². The van der Waals surface area contributed by atoms with Gasteiger partial charge in [-0.15, -0.1) is 6.58 Å². The third-order valence-electron chi connectivity index (χ3n) is 9.26. The van der Waals surface area contributed by atoms with Crippen LogP contribution in [0.1, 0.15) is 36.0 Å². The van der Waals surface area contributed by atoms with Crippen LogP contribution in [0.2, 0.25) is 0 Å². The maximum Gasteiger partial charge on any atom is 0.246 e. The fraction of sp³-hybridized carbons (Fsp3) is 0.433. The predicted molar refractivity (Wildman–Crippen MR) is 141 cm³/mol. The molecule has 2 aliphatic carbocycles. The van der Waals surface area contributed by atoms with Crippen molar-refractivity contribution in [3.05, 3.63) is 71.8 Å². The zero-order valence-corrected chi connectivity index (χ0v) is 21.4. The molecule has 1 saturated carbocycles. The Morgan fingerprint density at radius 2 is 2.16 bits per heavy atom. The van der Waals surface area contributed by atoms with Crippen LogP contribution < -0.4 is 9.47 Å². The van der Waals surface area contributed by atoms with E-state index in [0.717, 1.165) is 29.0 Å².